The zero-order valence-electron chi connectivity index (χ0n) is 9.88. The van der Waals surface area contributed by atoms with Gasteiger partial charge in [-0.3, -0.25) is 0 Å². The second-order valence-electron chi connectivity index (χ2n) is 4.41. The van der Waals surface area contributed by atoms with Gasteiger partial charge in [-0.05, 0) is 53.6 Å². The minimum absolute atomic E-state index is 0.454. The maximum absolute atomic E-state index is 6.24. The Morgan fingerprint density at radius 1 is 1.59 bits per heavy atom. The average Bonchev–Trinajstić information content (AvgIpc) is 2.81. The van der Waals surface area contributed by atoms with Crippen molar-refractivity contribution in [1.29, 1.82) is 0 Å². The summed E-state index contributed by atoms with van der Waals surface area (Å²) < 4.78 is 6.62. The molecule has 2 atom stereocenters. The molecule has 1 aliphatic rings. The van der Waals surface area contributed by atoms with E-state index in [0.717, 1.165) is 40.3 Å². The summed E-state index contributed by atoms with van der Waals surface area (Å²) in [7, 11) is 0. The van der Waals surface area contributed by atoms with E-state index in [1.165, 1.54) is 0 Å². The smallest absolute Gasteiger partial charge is 0.0648 e. The van der Waals surface area contributed by atoms with Gasteiger partial charge in [0, 0.05) is 22.1 Å². The van der Waals surface area contributed by atoms with E-state index < -0.39 is 0 Å². The van der Waals surface area contributed by atoms with Crippen LogP contribution in [0.2, 0.25) is 5.02 Å². The van der Waals surface area contributed by atoms with E-state index in [1.54, 1.807) is 0 Å². The molecule has 1 heterocycles. The Hall–Kier alpha value is -0.000000000000000132. The highest BCUT2D eigenvalue weighted by atomic mass is 127. The molecule has 2 nitrogen and oxygen atoms in total. The van der Waals surface area contributed by atoms with Crippen LogP contribution in [0.1, 0.15) is 19.8 Å². The van der Waals surface area contributed by atoms with Gasteiger partial charge in [-0.1, -0.05) is 18.5 Å². The molecule has 1 aromatic carbocycles. The van der Waals surface area contributed by atoms with E-state index in [-0.39, 0.29) is 0 Å². The van der Waals surface area contributed by atoms with Crippen LogP contribution in [0.5, 0.6) is 0 Å². The molecule has 94 valence electrons. The number of rotatable bonds is 4. The van der Waals surface area contributed by atoms with Crippen molar-refractivity contribution in [3.05, 3.63) is 26.8 Å². The molecule has 17 heavy (non-hydrogen) atoms. The number of ether oxygens (including phenoxy) is 1. The topological polar surface area (TPSA) is 21.3 Å². The van der Waals surface area contributed by atoms with Crippen molar-refractivity contribution < 1.29 is 4.74 Å². The summed E-state index contributed by atoms with van der Waals surface area (Å²) in [6, 6.07) is 6.58. The Labute approximate surface area is 121 Å². The lowest BCUT2D eigenvalue weighted by atomic mass is 9.96. The van der Waals surface area contributed by atoms with E-state index in [4.69, 9.17) is 16.3 Å². The van der Waals surface area contributed by atoms with Gasteiger partial charge in [-0.2, -0.15) is 0 Å². The highest BCUT2D eigenvalue weighted by Crippen LogP contribution is 2.28. The van der Waals surface area contributed by atoms with Crippen molar-refractivity contribution in [2.45, 2.75) is 25.8 Å². The van der Waals surface area contributed by atoms with Crippen molar-refractivity contribution in [2.75, 3.05) is 18.5 Å². The fourth-order valence-electron chi connectivity index (χ4n) is 2.23. The van der Waals surface area contributed by atoms with Gasteiger partial charge in [0.05, 0.1) is 17.3 Å². The van der Waals surface area contributed by atoms with Gasteiger partial charge < -0.3 is 10.1 Å². The van der Waals surface area contributed by atoms with Crippen molar-refractivity contribution in [3.63, 3.8) is 0 Å². The van der Waals surface area contributed by atoms with Crippen LogP contribution in [0, 0.1) is 9.49 Å². The molecule has 2 unspecified atom stereocenters. The van der Waals surface area contributed by atoms with Crippen LogP contribution in [0.25, 0.3) is 0 Å². The van der Waals surface area contributed by atoms with Crippen molar-refractivity contribution in [3.8, 4) is 0 Å². The van der Waals surface area contributed by atoms with Gasteiger partial charge in [0.1, 0.15) is 0 Å². The molecule has 0 radical (unpaired) electrons. The molecule has 1 saturated heterocycles. The van der Waals surface area contributed by atoms with Crippen molar-refractivity contribution in [2.24, 2.45) is 5.92 Å². The Morgan fingerprint density at radius 2 is 2.41 bits per heavy atom. The van der Waals surface area contributed by atoms with Crippen molar-refractivity contribution >= 4 is 39.9 Å². The van der Waals surface area contributed by atoms with Gasteiger partial charge in [0.15, 0.2) is 0 Å². The van der Waals surface area contributed by atoms with Crippen LogP contribution < -0.4 is 5.32 Å². The molecule has 0 amide bonds. The van der Waals surface area contributed by atoms with Gasteiger partial charge in [0.25, 0.3) is 0 Å². The first-order chi connectivity index (χ1) is 8.20. The summed E-state index contributed by atoms with van der Waals surface area (Å²) in [4.78, 5) is 0. The Kier molecular flexibility index (Phi) is 4.94. The first-order valence-electron chi connectivity index (χ1n) is 6.00. The fourth-order valence-corrected chi connectivity index (χ4v) is 3.14. The van der Waals surface area contributed by atoms with Crippen LogP contribution in [-0.4, -0.2) is 19.3 Å². The maximum Gasteiger partial charge on any atom is 0.0648 e. The lowest BCUT2D eigenvalue weighted by Gasteiger charge is -2.24. The third kappa shape index (κ3) is 3.48. The minimum Gasteiger partial charge on any atom is -0.381 e. The third-order valence-corrected chi connectivity index (χ3v) is 4.23. The summed E-state index contributed by atoms with van der Waals surface area (Å²) in [5.74, 6) is 0.607. The SMILES string of the molecule is CCC(Nc1ccc(I)cc1Cl)C1CCOC1. The Balaban J connectivity index is 2.06. The highest BCUT2D eigenvalue weighted by Gasteiger charge is 2.24. The van der Waals surface area contributed by atoms with Crippen molar-refractivity contribution in [1.82, 2.24) is 0 Å². The Bertz CT molecular complexity index is 380. The molecule has 4 heteroatoms. The van der Waals surface area contributed by atoms with Crippen LogP contribution in [-0.2, 0) is 4.74 Å². The molecule has 0 spiro atoms. The second-order valence-corrected chi connectivity index (χ2v) is 6.06. The number of anilines is 1. The normalized spacial score (nSPS) is 21.5. The zero-order chi connectivity index (χ0) is 12.3. The largest absolute Gasteiger partial charge is 0.381 e. The standard InChI is InChI=1S/C13H17ClINO/c1-2-12(9-5-6-17-8-9)16-13-4-3-10(15)7-11(13)14/h3-4,7,9,12,16H,2,5-6,8H2,1H3. The molecule has 1 aliphatic heterocycles. The fraction of sp³-hybridized carbons (Fsp3) is 0.538. The van der Waals surface area contributed by atoms with E-state index in [9.17, 15) is 0 Å². The first-order valence-corrected chi connectivity index (χ1v) is 7.45. The predicted molar refractivity (Wildman–Crippen MR) is 80.8 cm³/mol. The molecule has 0 aromatic heterocycles. The van der Waals surface area contributed by atoms with Gasteiger partial charge in [-0.25, -0.2) is 0 Å². The summed E-state index contributed by atoms with van der Waals surface area (Å²) in [5.41, 5.74) is 1.03. The van der Waals surface area contributed by atoms with Crippen LogP contribution >= 0.6 is 34.2 Å². The summed E-state index contributed by atoms with van der Waals surface area (Å²) in [5, 5.41) is 4.35. The monoisotopic (exact) mass is 365 g/mol. The minimum atomic E-state index is 0.454. The lowest BCUT2D eigenvalue weighted by Crippen LogP contribution is -2.28. The van der Waals surface area contributed by atoms with E-state index in [2.05, 4.69) is 47.0 Å². The van der Waals surface area contributed by atoms with E-state index in [1.807, 2.05) is 6.07 Å². The number of nitrogens with one attached hydrogen (secondary N) is 1. The average molecular weight is 366 g/mol. The van der Waals surface area contributed by atoms with Crippen LogP contribution in [0.4, 0.5) is 5.69 Å². The highest BCUT2D eigenvalue weighted by molar-refractivity contribution is 14.1. The molecule has 0 aliphatic carbocycles. The molecular weight excluding hydrogens is 349 g/mol. The third-order valence-electron chi connectivity index (χ3n) is 3.25. The first kappa shape index (κ1) is 13.4. The van der Waals surface area contributed by atoms with Gasteiger partial charge >= 0.3 is 0 Å². The molecule has 1 N–H and O–H groups in total. The van der Waals surface area contributed by atoms with Gasteiger partial charge in [-0.15, -0.1) is 0 Å². The van der Waals surface area contributed by atoms with Crippen LogP contribution in [0.3, 0.4) is 0 Å². The second kappa shape index (κ2) is 6.25. The maximum atomic E-state index is 6.24. The molecular formula is C13H17ClINO. The quantitative estimate of drug-likeness (QED) is 0.809. The number of hydrogen-bond donors (Lipinski definition) is 1. The summed E-state index contributed by atoms with van der Waals surface area (Å²) >= 11 is 8.51. The lowest BCUT2D eigenvalue weighted by molar-refractivity contribution is 0.182. The van der Waals surface area contributed by atoms with E-state index >= 15 is 0 Å². The summed E-state index contributed by atoms with van der Waals surface area (Å²) in [6.45, 7) is 3.97. The molecule has 0 bridgehead atoms. The predicted octanol–water partition coefficient (Wildman–Crippen LogP) is 4.17. The molecule has 0 saturated carbocycles. The van der Waals surface area contributed by atoms with Gasteiger partial charge in [0.2, 0.25) is 0 Å². The number of hydrogen-bond acceptors (Lipinski definition) is 2. The van der Waals surface area contributed by atoms with E-state index in [0.29, 0.717) is 12.0 Å². The molecule has 2 rings (SSSR count). The Morgan fingerprint density at radius 3 is 3.00 bits per heavy atom. The molecule has 1 aromatic rings. The number of halogens is 2. The summed E-state index contributed by atoms with van der Waals surface area (Å²) in [6.07, 6.45) is 2.24. The zero-order valence-corrected chi connectivity index (χ0v) is 12.8. The number of benzene rings is 1. The molecule has 1 fully saturated rings. The van der Waals surface area contributed by atoms with Crippen LogP contribution in [0.15, 0.2) is 18.2 Å².